The van der Waals surface area contributed by atoms with E-state index >= 15 is 4.39 Å². The fourth-order valence-corrected chi connectivity index (χ4v) is 3.31. The van der Waals surface area contributed by atoms with E-state index in [1.807, 2.05) is 0 Å². The van der Waals surface area contributed by atoms with E-state index in [4.69, 9.17) is 20.6 Å². The van der Waals surface area contributed by atoms with Gasteiger partial charge in [0.05, 0.1) is 14.2 Å². The van der Waals surface area contributed by atoms with Gasteiger partial charge in [0.15, 0.2) is 23.2 Å². The molecule has 2 aromatic heterocycles. The van der Waals surface area contributed by atoms with Crippen molar-refractivity contribution in [1.29, 1.82) is 5.41 Å². The molecule has 1 atom stereocenters. The van der Waals surface area contributed by atoms with Crippen LogP contribution in [0.3, 0.4) is 0 Å². The van der Waals surface area contributed by atoms with Gasteiger partial charge in [-0.3, -0.25) is 10.4 Å². The quantitative estimate of drug-likeness (QED) is 0.228. The van der Waals surface area contributed by atoms with Crippen molar-refractivity contribution in [2.75, 3.05) is 19.5 Å². The van der Waals surface area contributed by atoms with E-state index < -0.39 is 17.5 Å². The standard InChI is InChI=1S/C22H21FN8O3/c1-33-14-10-15(18(23)16(11-14)34-2)19(27-13-7-5-12(6-8-13)20(24)25)21-28-22(32)31(30-21)17-4-3-9-26-29-17/h3-11,19,27H,1-2H3,(H3,24,25)(H,28,30,32). The van der Waals surface area contributed by atoms with Gasteiger partial charge in [0.1, 0.15) is 17.6 Å². The topological polar surface area (TPSA) is 157 Å². The van der Waals surface area contributed by atoms with Gasteiger partial charge in [-0.2, -0.15) is 9.78 Å². The Morgan fingerprint density at radius 3 is 2.59 bits per heavy atom. The number of halogens is 1. The lowest BCUT2D eigenvalue weighted by Crippen LogP contribution is -2.17. The molecule has 0 saturated heterocycles. The van der Waals surface area contributed by atoms with Crippen LogP contribution < -0.4 is 26.2 Å². The van der Waals surface area contributed by atoms with Crippen LogP contribution >= 0.6 is 0 Å². The van der Waals surface area contributed by atoms with Gasteiger partial charge in [0.25, 0.3) is 0 Å². The number of nitrogens with one attached hydrogen (secondary N) is 3. The molecule has 0 aliphatic heterocycles. The van der Waals surface area contributed by atoms with E-state index in [0.717, 1.165) is 4.68 Å². The third kappa shape index (κ3) is 4.41. The molecule has 5 N–H and O–H groups in total. The van der Waals surface area contributed by atoms with E-state index in [0.29, 0.717) is 17.0 Å². The number of ether oxygens (including phenoxy) is 2. The number of hydrogen-bond donors (Lipinski definition) is 4. The van der Waals surface area contributed by atoms with Crippen LogP contribution in [0.4, 0.5) is 10.1 Å². The first-order valence-electron chi connectivity index (χ1n) is 10.0. The number of methoxy groups -OCH3 is 2. The summed E-state index contributed by atoms with van der Waals surface area (Å²) in [5.41, 5.74) is 6.15. The van der Waals surface area contributed by atoms with Gasteiger partial charge in [-0.15, -0.1) is 10.2 Å². The van der Waals surface area contributed by atoms with Crippen molar-refractivity contribution < 1.29 is 13.9 Å². The number of nitrogen functional groups attached to an aromatic ring is 1. The number of nitrogens with two attached hydrogens (primary N) is 1. The number of benzene rings is 2. The van der Waals surface area contributed by atoms with Gasteiger partial charge < -0.3 is 20.5 Å². The second-order valence-electron chi connectivity index (χ2n) is 7.11. The Hall–Kier alpha value is -4.74. The number of H-pyrrole nitrogens is 1. The Morgan fingerprint density at radius 2 is 1.97 bits per heavy atom. The van der Waals surface area contributed by atoms with Gasteiger partial charge in [-0.05, 0) is 42.5 Å². The average molecular weight is 464 g/mol. The number of anilines is 1. The normalized spacial score (nSPS) is 11.6. The van der Waals surface area contributed by atoms with Gasteiger partial charge >= 0.3 is 5.69 Å². The van der Waals surface area contributed by atoms with E-state index in [1.54, 1.807) is 36.4 Å². The molecule has 0 spiro atoms. The largest absolute Gasteiger partial charge is 0.497 e. The second kappa shape index (κ2) is 9.40. The second-order valence-corrected chi connectivity index (χ2v) is 7.11. The highest BCUT2D eigenvalue weighted by atomic mass is 19.1. The van der Waals surface area contributed by atoms with Gasteiger partial charge in [0, 0.05) is 29.1 Å². The molecule has 4 aromatic rings. The lowest BCUT2D eigenvalue weighted by Gasteiger charge is -2.20. The monoisotopic (exact) mass is 464 g/mol. The summed E-state index contributed by atoms with van der Waals surface area (Å²) in [6, 6.07) is 11.8. The van der Waals surface area contributed by atoms with Gasteiger partial charge in [-0.1, -0.05) is 0 Å². The van der Waals surface area contributed by atoms with Crippen LogP contribution in [-0.4, -0.2) is 45.0 Å². The van der Waals surface area contributed by atoms with Gasteiger partial charge in [-0.25, -0.2) is 9.18 Å². The maximum absolute atomic E-state index is 15.4. The number of aromatic nitrogens is 5. The fourth-order valence-electron chi connectivity index (χ4n) is 3.31. The highest BCUT2D eigenvalue weighted by molar-refractivity contribution is 5.95. The molecular formula is C22H21FN8O3. The molecule has 12 heteroatoms. The van der Waals surface area contributed by atoms with E-state index in [-0.39, 0.29) is 28.8 Å². The van der Waals surface area contributed by atoms with Crippen LogP contribution in [0.1, 0.15) is 23.0 Å². The van der Waals surface area contributed by atoms with Crippen LogP contribution in [-0.2, 0) is 0 Å². The first-order valence-corrected chi connectivity index (χ1v) is 10.0. The van der Waals surface area contributed by atoms with Crippen LogP contribution in [0.15, 0.2) is 59.5 Å². The Balaban J connectivity index is 1.84. The molecule has 0 bridgehead atoms. The van der Waals surface area contributed by atoms with Crippen molar-refractivity contribution in [2.45, 2.75) is 6.04 Å². The predicted octanol–water partition coefficient (Wildman–Crippen LogP) is 1.99. The smallest absolute Gasteiger partial charge is 0.349 e. The zero-order chi connectivity index (χ0) is 24.2. The SMILES string of the molecule is COc1cc(OC)c(F)c(C(Nc2ccc(C(=N)N)cc2)c2nn(-c3cccnn3)c(=O)[nH]2)c1. The first kappa shape index (κ1) is 22.5. The first-order chi connectivity index (χ1) is 16.4. The minimum atomic E-state index is -0.960. The van der Waals surface area contributed by atoms with Crippen LogP contribution in [0.25, 0.3) is 5.82 Å². The van der Waals surface area contributed by atoms with E-state index in [9.17, 15) is 4.79 Å². The molecule has 0 saturated carbocycles. The molecule has 0 fully saturated rings. The molecule has 0 aliphatic carbocycles. The van der Waals surface area contributed by atoms with E-state index in [1.165, 1.54) is 32.5 Å². The summed E-state index contributed by atoms with van der Waals surface area (Å²) in [4.78, 5) is 15.3. The highest BCUT2D eigenvalue weighted by Gasteiger charge is 2.26. The zero-order valence-corrected chi connectivity index (χ0v) is 18.2. The number of aromatic amines is 1. The Bertz CT molecular complexity index is 1370. The molecule has 11 nitrogen and oxygen atoms in total. The van der Waals surface area contributed by atoms with E-state index in [2.05, 4.69) is 25.6 Å². The minimum Gasteiger partial charge on any atom is -0.497 e. The summed E-state index contributed by atoms with van der Waals surface area (Å²) in [5.74, 6) is -0.120. The van der Waals surface area contributed by atoms with Crippen molar-refractivity contribution in [3.8, 4) is 17.3 Å². The number of nitrogens with zero attached hydrogens (tertiary/aromatic N) is 4. The lowest BCUT2D eigenvalue weighted by molar-refractivity contribution is 0.370. The van der Waals surface area contributed by atoms with Crippen molar-refractivity contribution in [1.82, 2.24) is 25.0 Å². The molecule has 4 rings (SSSR count). The zero-order valence-electron chi connectivity index (χ0n) is 18.2. The Labute approximate surface area is 192 Å². The van der Waals surface area contributed by atoms with Crippen LogP contribution in [0.5, 0.6) is 11.5 Å². The van der Waals surface area contributed by atoms with Crippen molar-refractivity contribution >= 4 is 11.5 Å². The summed E-state index contributed by atoms with van der Waals surface area (Å²) >= 11 is 0. The summed E-state index contributed by atoms with van der Waals surface area (Å²) in [6.07, 6.45) is 1.47. The molecule has 1 unspecified atom stereocenters. The molecule has 2 aromatic carbocycles. The molecule has 34 heavy (non-hydrogen) atoms. The molecule has 2 heterocycles. The fraction of sp³-hybridized carbons (Fsp3) is 0.136. The number of amidine groups is 1. The number of hydrogen-bond acceptors (Lipinski definition) is 8. The Morgan fingerprint density at radius 1 is 1.21 bits per heavy atom. The maximum Gasteiger partial charge on any atom is 0.349 e. The number of rotatable bonds is 8. The third-order valence-corrected chi connectivity index (χ3v) is 5.00. The minimum absolute atomic E-state index is 0.0382. The predicted molar refractivity (Wildman–Crippen MR) is 122 cm³/mol. The summed E-state index contributed by atoms with van der Waals surface area (Å²) in [6.45, 7) is 0. The average Bonchev–Trinajstić information content (AvgIpc) is 3.25. The molecular weight excluding hydrogens is 443 g/mol. The van der Waals surface area contributed by atoms with Crippen molar-refractivity contribution in [3.63, 3.8) is 0 Å². The molecule has 174 valence electrons. The summed E-state index contributed by atoms with van der Waals surface area (Å²) in [5, 5.41) is 22.7. The summed E-state index contributed by atoms with van der Waals surface area (Å²) < 4.78 is 26.9. The molecule has 0 amide bonds. The van der Waals surface area contributed by atoms with Crippen molar-refractivity contribution in [2.24, 2.45) is 5.73 Å². The molecule has 0 radical (unpaired) electrons. The Kier molecular flexibility index (Phi) is 6.21. The maximum atomic E-state index is 15.4. The third-order valence-electron chi connectivity index (χ3n) is 5.00. The van der Waals surface area contributed by atoms with Crippen LogP contribution in [0.2, 0.25) is 0 Å². The molecule has 0 aliphatic rings. The van der Waals surface area contributed by atoms with Crippen LogP contribution in [0, 0.1) is 11.2 Å². The van der Waals surface area contributed by atoms with Crippen molar-refractivity contribution in [3.05, 3.63) is 88.0 Å². The summed E-state index contributed by atoms with van der Waals surface area (Å²) in [7, 11) is 2.79. The van der Waals surface area contributed by atoms with Gasteiger partial charge in [0.2, 0.25) is 0 Å². The lowest BCUT2D eigenvalue weighted by atomic mass is 10.0. The highest BCUT2D eigenvalue weighted by Crippen LogP contribution is 2.34.